The fourth-order valence-corrected chi connectivity index (χ4v) is 3.20. The first-order valence-electron chi connectivity index (χ1n) is 7.75. The average molecular weight is 337 g/mol. The zero-order chi connectivity index (χ0) is 16.8. The van der Waals surface area contributed by atoms with Crippen molar-refractivity contribution in [2.24, 2.45) is 0 Å². The van der Waals surface area contributed by atoms with Crippen molar-refractivity contribution in [3.8, 4) is 0 Å². The molecule has 0 unspecified atom stereocenters. The van der Waals surface area contributed by atoms with E-state index in [2.05, 4.69) is 11.7 Å². The van der Waals surface area contributed by atoms with E-state index in [0.717, 1.165) is 5.56 Å². The number of thiophene rings is 1. The quantitative estimate of drug-likeness (QED) is 0.615. The lowest BCUT2D eigenvalue weighted by Crippen LogP contribution is -2.30. The average Bonchev–Trinajstić information content (AvgIpc) is 3.28. The van der Waals surface area contributed by atoms with E-state index in [1.165, 1.54) is 4.88 Å². The Kier molecular flexibility index (Phi) is 5.23. The highest BCUT2D eigenvalue weighted by molar-refractivity contribution is 7.09. The van der Waals surface area contributed by atoms with E-state index >= 15 is 0 Å². The van der Waals surface area contributed by atoms with Crippen molar-refractivity contribution >= 4 is 17.2 Å². The lowest BCUT2D eigenvalue weighted by Gasteiger charge is -2.20. The van der Waals surface area contributed by atoms with Gasteiger partial charge in [-0.25, -0.2) is 0 Å². The molecule has 24 heavy (non-hydrogen) atoms. The predicted octanol–water partition coefficient (Wildman–Crippen LogP) is 3.82. The Morgan fingerprint density at radius 3 is 2.71 bits per heavy atom. The lowest BCUT2D eigenvalue weighted by atomic mass is 10.1. The Balaban J connectivity index is 1.71. The minimum absolute atomic E-state index is 0.0222. The van der Waals surface area contributed by atoms with Crippen LogP contribution in [0.3, 0.4) is 0 Å². The third-order valence-corrected chi connectivity index (χ3v) is 4.53. The highest BCUT2D eigenvalue weighted by atomic mass is 32.1. The first-order valence-corrected chi connectivity index (χ1v) is 8.63. The number of hydrogen-bond acceptors (Lipinski definition) is 3. The van der Waals surface area contributed by atoms with Gasteiger partial charge >= 0.3 is 0 Å². The molecule has 122 valence electrons. The number of benzene rings is 1. The van der Waals surface area contributed by atoms with E-state index < -0.39 is 0 Å². The van der Waals surface area contributed by atoms with Gasteiger partial charge in [0.05, 0.1) is 13.1 Å². The molecule has 1 amide bonds. The van der Waals surface area contributed by atoms with Crippen LogP contribution in [0.2, 0.25) is 0 Å². The molecule has 0 aliphatic rings. The van der Waals surface area contributed by atoms with Gasteiger partial charge in [-0.2, -0.15) is 5.10 Å². The first kappa shape index (κ1) is 16.2. The molecule has 0 atom stereocenters. The van der Waals surface area contributed by atoms with Crippen LogP contribution in [0.15, 0.2) is 72.9 Å². The first-order chi connectivity index (χ1) is 11.8. The van der Waals surface area contributed by atoms with Crippen molar-refractivity contribution in [2.45, 2.75) is 13.1 Å². The van der Waals surface area contributed by atoms with E-state index in [1.807, 2.05) is 58.7 Å². The molecule has 0 N–H and O–H groups in total. The summed E-state index contributed by atoms with van der Waals surface area (Å²) in [6.07, 6.45) is 5.44. The number of amides is 1. The molecule has 0 spiro atoms. The van der Waals surface area contributed by atoms with Crippen LogP contribution in [0.1, 0.15) is 20.8 Å². The molecule has 3 aromatic rings. The van der Waals surface area contributed by atoms with Gasteiger partial charge in [-0.3, -0.25) is 9.48 Å². The standard InChI is InChI=1S/C19H19N3OS/c1-2-11-21(15-18-5-3-13-24-18)19(23)17-8-6-16(7-9-17)14-22-12-4-10-20-22/h2-10,12-13H,1,11,14-15H2. The molecule has 0 saturated heterocycles. The summed E-state index contributed by atoms with van der Waals surface area (Å²) in [6.45, 7) is 5.61. The second-order valence-electron chi connectivity index (χ2n) is 5.45. The normalized spacial score (nSPS) is 10.5. The molecule has 1 aromatic carbocycles. The fraction of sp³-hybridized carbons (Fsp3) is 0.158. The number of nitrogens with zero attached hydrogens (tertiary/aromatic N) is 3. The zero-order valence-electron chi connectivity index (χ0n) is 13.3. The molecular weight excluding hydrogens is 318 g/mol. The van der Waals surface area contributed by atoms with Gasteiger partial charge in [-0.1, -0.05) is 24.3 Å². The molecule has 0 aliphatic carbocycles. The van der Waals surface area contributed by atoms with Crippen molar-refractivity contribution < 1.29 is 4.79 Å². The molecule has 3 rings (SSSR count). The zero-order valence-corrected chi connectivity index (χ0v) is 14.2. The summed E-state index contributed by atoms with van der Waals surface area (Å²) in [4.78, 5) is 15.7. The van der Waals surface area contributed by atoms with Crippen LogP contribution in [0, 0.1) is 0 Å². The molecule has 5 heteroatoms. The Labute approximate surface area is 145 Å². The molecule has 0 saturated carbocycles. The van der Waals surface area contributed by atoms with Gasteiger partial charge in [0.1, 0.15) is 0 Å². The van der Waals surface area contributed by atoms with Gasteiger partial charge in [-0.05, 0) is 35.2 Å². The van der Waals surface area contributed by atoms with E-state index in [4.69, 9.17) is 0 Å². The predicted molar refractivity (Wildman–Crippen MR) is 97.0 cm³/mol. The number of rotatable bonds is 7. The SMILES string of the molecule is C=CCN(Cc1cccs1)C(=O)c1ccc(Cn2cccn2)cc1. The molecule has 0 bridgehead atoms. The number of carbonyl (C=O) groups is 1. The topological polar surface area (TPSA) is 38.1 Å². The summed E-state index contributed by atoms with van der Waals surface area (Å²) in [5.74, 6) is 0.0222. The smallest absolute Gasteiger partial charge is 0.254 e. The Bertz CT molecular complexity index is 777. The van der Waals surface area contributed by atoms with Crippen LogP contribution in [0.5, 0.6) is 0 Å². The molecule has 0 fully saturated rings. The molecule has 2 aromatic heterocycles. The Morgan fingerprint density at radius 1 is 1.25 bits per heavy atom. The monoisotopic (exact) mass is 337 g/mol. The molecule has 4 nitrogen and oxygen atoms in total. The van der Waals surface area contributed by atoms with E-state index in [9.17, 15) is 4.79 Å². The summed E-state index contributed by atoms with van der Waals surface area (Å²) in [6, 6.07) is 13.7. The van der Waals surface area contributed by atoms with E-state index in [0.29, 0.717) is 25.2 Å². The summed E-state index contributed by atoms with van der Waals surface area (Å²) < 4.78 is 1.86. The molecule has 0 aliphatic heterocycles. The van der Waals surface area contributed by atoms with Crippen LogP contribution in [-0.2, 0) is 13.1 Å². The van der Waals surface area contributed by atoms with Gasteiger partial charge in [0.15, 0.2) is 0 Å². The van der Waals surface area contributed by atoms with Crippen molar-refractivity contribution in [3.63, 3.8) is 0 Å². The highest BCUT2D eigenvalue weighted by Crippen LogP contribution is 2.15. The fourth-order valence-electron chi connectivity index (χ4n) is 2.48. The van der Waals surface area contributed by atoms with E-state index in [1.54, 1.807) is 28.5 Å². The van der Waals surface area contributed by atoms with Gasteiger partial charge in [-0.15, -0.1) is 17.9 Å². The van der Waals surface area contributed by atoms with Crippen LogP contribution >= 0.6 is 11.3 Å². The summed E-state index contributed by atoms with van der Waals surface area (Å²) >= 11 is 1.66. The molecule has 0 radical (unpaired) electrons. The largest absolute Gasteiger partial charge is 0.330 e. The third-order valence-electron chi connectivity index (χ3n) is 3.67. The van der Waals surface area contributed by atoms with Gasteiger partial charge in [0, 0.05) is 29.4 Å². The summed E-state index contributed by atoms with van der Waals surface area (Å²) in [7, 11) is 0. The van der Waals surface area contributed by atoms with Crippen molar-refractivity contribution in [1.82, 2.24) is 14.7 Å². The van der Waals surface area contributed by atoms with E-state index in [-0.39, 0.29) is 5.91 Å². The van der Waals surface area contributed by atoms with Gasteiger partial charge in [0.2, 0.25) is 0 Å². The maximum Gasteiger partial charge on any atom is 0.254 e. The Hall–Kier alpha value is -2.66. The second-order valence-corrected chi connectivity index (χ2v) is 6.49. The third kappa shape index (κ3) is 4.00. The highest BCUT2D eigenvalue weighted by Gasteiger charge is 2.15. The van der Waals surface area contributed by atoms with Crippen molar-refractivity contribution in [1.29, 1.82) is 0 Å². The van der Waals surface area contributed by atoms with Crippen LogP contribution in [0.4, 0.5) is 0 Å². The summed E-state index contributed by atoms with van der Waals surface area (Å²) in [5.41, 5.74) is 1.81. The van der Waals surface area contributed by atoms with Crippen molar-refractivity contribution in [3.05, 3.63) is 88.9 Å². The second kappa shape index (κ2) is 7.75. The minimum Gasteiger partial charge on any atom is -0.330 e. The number of hydrogen-bond donors (Lipinski definition) is 0. The number of aromatic nitrogens is 2. The maximum absolute atomic E-state index is 12.8. The van der Waals surface area contributed by atoms with Crippen LogP contribution < -0.4 is 0 Å². The van der Waals surface area contributed by atoms with Crippen LogP contribution in [0.25, 0.3) is 0 Å². The van der Waals surface area contributed by atoms with Crippen LogP contribution in [-0.4, -0.2) is 27.1 Å². The maximum atomic E-state index is 12.8. The van der Waals surface area contributed by atoms with Crippen molar-refractivity contribution in [2.75, 3.05) is 6.54 Å². The lowest BCUT2D eigenvalue weighted by molar-refractivity contribution is 0.0764. The Morgan fingerprint density at radius 2 is 2.08 bits per heavy atom. The summed E-state index contributed by atoms with van der Waals surface area (Å²) in [5, 5.41) is 6.22. The number of carbonyl (C=O) groups excluding carboxylic acids is 1. The molecular formula is C19H19N3OS. The van der Waals surface area contributed by atoms with Gasteiger partial charge < -0.3 is 4.90 Å². The van der Waals surface area contributed by atoms with Gasteiger partial charge in [0.25, 0.3) is 5.91 Å². The molecule has 2 heterocycles. The minimum atomic E-state index is 0.0222.